The second-order valence-electron chi connectivity index (χ2n) is 7.12. The third-order valence-corrected chi connectivity index (χ3v) is 4.66. The van der Waals surface area contributed by atoms with Crippen molar-refractivity contribution in [3.05, 3.63) is 0 Å². The Kier molecular flexibility index (Phi) is 6.65. The zero-order valence-corrected chi connectivity index (χ0v) is 13.3. The second kappa shape index (κ2) is 7.49. The van der Waals surface area contributed by atoms with Gasteiger partial charge in [-0.25, -0.2) is 0 Å². The Bertz CT molecular complexity index is 220. The molecule has 0 aromatic carbocycles. The first kappa shape index (κ1) is 16.0. The largest absolute Gasteiger partial charge is 0.320 e. The van der Waals surface area contributed by atoms with Crippen LogP contribution in [0.15, 0.2) is 0 Å². The molecule has 0 saturated carbocycles. The molecule has 1 aliphatic heterocycles. The van der Waals surface area contributed by atoms with Crippen LogP contribution in [0.5, 0.6) is 0 Å². The van der Waals surface area contributed by atoms with Crippen molar-refractivity contribution < 1.29 is 0 Å². The van der Waals surface area contributed by atoms with Crippen LogP contribution in [0.1, 0.15) is 59.8 Å². The highest BCUT2D eigenvalue weighted by atomic mass is 15.1. The summed E-state index contributed by atoms with van der Waals surface area (Å²) in [5.74, 6) is 0.909. The highest BCUT2D eigenvalue weighted by Gasteiger charge is 2.28. The van der Waals surface area contributed by atoms with Gasteiger partial charge >= 0.3 is 0 Å². The zero-order valence-electron chi connectivity index (χ0n) is 13.3. The normalized spacial score (nSPS) is 24.8. The number of hydrogen-bond donors (Lipinski definition) is 1. The van der Waals surface area contributed by atoms with Crippen molar-refractivity contribution in [2.24, 2.45) is 11.3 Å². The minimum atomic E-state index is 0.491. The molecule has 1 fully saturated rings. The van der Waals surface area contributed by atoms with Gasteiger partial charge in [0.1, 0.15) is 0 Å². The van der Waals surface area contributed by atoms with Crippen molar-refractivity contribution in [2.75, 3.05) is 26.7 Å². The Morgan fingerprint density at radius 3 is 2.56 bits per heavy atom. The minimum absolute atomic E-state index is 0.491. The molecule has 2 atom stereocenters. The summed E-state index contributed by atoms with van der Waals surface area (Å²) in [6, 6.07) is 0.761. The van der Waals surface area contributed by atoms with E-state index in [2.05, 4.69) is 37.9 Å². The second-order valence-corrected chi connectivity index (χ2v) is 7.12. The lowest BCUT2D eigenvalue weighted by molar-refractivity contribution is 0.182. The van der Waals surface area contributed by atoms with Gasteiger partial charge in [0.2, 0.25) is 0 Å². The van der Waals surface area contributed by atoms with Crippen LogP contribution in [0.25, 0.3) is 0 Å². The third-order valence-electron chi connectivity index (χ3n) is 4.66. The summed E-state index contributed by atoms with van der Waals surface area (Å²) in [7, 11) is 2.05. The average Bonchev–Trinajstić information content (AvgIpc) is 2.54. The molecule has 0 amide bonds. The molecule has 0 aromatic rings. The van der Waals surface area contributed by atoms with Crippen LogP contribution in [-0.2, 0) is 0 Å². The average molecular weight is 254 g/mol. The molecule has 2 unspecified atom stereocenters. The van der Waals surface area contributed by atoms with Crippen molar-refractivity contribution in [2.45, 2.75) is 65.8 Å². The maximum atomic E-state index is 3.25. The fraction of sp³-hybridized carbons (Fsp3) is 1.00. The summed E-state index contributed by atoms with van der Waals surface area (Å²) in [4.78, 5) is 2.72. The van der Waals surface area contributed by atoms with E-state index in [1.54, 1.807) is 0 Å². The first-order valence-electron chi connectivity index (χ1n) is 7.83. The lowest BCUT2D eigenvalue weighted by atomic mass is 9.77. The summed E-state index contributed by atoms with van der Waals surface area (Å²) in [5.41, 5.74) is 0.491. The Balaban J connectivity index is 2.36. The molecule has 18 heavy (non-hydrogen) atoms. The van der Waals surface area contributed by atoms with E-state index in [9.17, 15) is 0 Å². The van der Waals surface area contributed by atoms with Gasteiger partial charge in [-0.2, -0.15) is 0 Å². The zero-order chi connectivity index (χ0) is 13.6. The smallest absolute Gasteiger partial charge is 0.00674 e. The first-order valence-corrected chi connectivity index (χ1v) is 7.83. The molecule has 108 valence electrons. The monoisotopic (exact) mass is 254 g/mol. The Morgan fingerprint density at radius 1 is 1.22 bits per heavy atom. The molecule has 0 aromatic heterocycles. The fourth-order valence-corrected chi connectivity index (χ4v) is 3.18. The molecule has 1 N–H and O–H groups in total. The summed E-state index contributed by atoms with van der Waals surface area (Å²) < 4.78 is 0. The molecular weight excluding hydrogens is 220 g/mol. The van der Waals surface area contributed by atoms with Crippen LogP contribution in [-0.4, -0.2) is 37.6 Å². The van der Waals surface area contributed by atoms with Gasteiger partial charge in [0.05, 0.1) is 0 Å². The fourth-order valence-electron chi connectivity index (χ4n) is 3.18. The maximum Gasteiger partial charge on any atom is 0.00674 e. The molecule has 1 heterocycles. The lowest BCUT2D eigenvalue weighted by Gasteiger charge is -2.31. The molecule has 0 spiro atoms. The standard InChI is InChI=1S/C16H34N2/c1-14(8-6-11-17-5)18-12-7-9-15(10-13-18)16(2,3)4/h14-15,17H,6-13H2,1-5H3. The van der Waals surface area contributed by atoms with E-state index >= 15 is 0 Å². The molecule has 1 aliphatic rings. The quantitative estimate of drug-likeness (QED) is 0.755. The summed E-state index contributed by atoms with van der Waals surface area (Å²) in [6.45, 7) is 13.4. The number of likely N-dealkylation sites (tertiary alicyclic amines) is 1. The van der Waals surface area contributed by atoms with E-state index in [0.717, 1.165) is 18.5 Å². The van der Waals surface area contributed by atoms with Gasteiger partial charge in [-0.15, -0.1) is 0 Å². The maximum absolute atomic E-state index is 3.25. The first-order chi connectivity index (χ1) is 8.45. The number of nitrogens with zero attached hydrogens (tertiary/aromatic N) is 1. The molecule has 0 radical (unpaired) electrons. The van der Waals surface area contributed by atoms with Gasteiger partial charge < -0.3 is 10.2 Å². The van der Waals surface area contributed by atoms with Gasteiger partial charge in [-0.1, -0.05) is 20.8 Å². The van der Waals surface area contributed by atoms with E-state index in [1.165, 1.54) is 45.2 Å². The van der Waals surface area contributed by atoms with Crippen LogP contribution in [0.2, 0.25) is 0 Å². The van der Waals surface area contributed by atoms with Crippen LogP contribution >= 0.6 is 0 Å². The van der Waals surface area contributed by atoms with E-state index in [0.29, 0.717) is 5.41 Å². The Labute approximate surface area is 115 Å². The number of nitrogens with one attached hydrogen (secondary N) is 1. The van der Waals surface area contributed by atoms with Crippen molar-refractivity contribution in [1.29, 1.82) is 0 Å². The minimum Gasteiger partial charge on any atom is -0.320 e. The van der Waals surface area contributed by atoms with Crippen LogP contribution < -0.4 is 5.32 Å². The van der Waals surface area contributed by atoms with E-state index in [1.807, 2.05) is 7.05 Å². The van der Waals surface area contributed by atoms with Gasteiger partial charge in [0.25, 0.3) is 0 Å². The summed E-state index contributed by atoms with van der Waals surface area (Å²) in [6.07, 6.45) is 6.83. The SMILES string of the molecule is CNCCCC(C)N1CCCC(C(C)(C)C)CC1. The third kappa shape index (κ3) is 5.27. The van der Waals surface area contributed by atoms with Gasteiger partial charge in [0.15, 0.2) is 0 Å². The van der Waals surface area contributed by atoms with Crippen molar-refractivity contribution in [3.63, 3.8) is 0 Å². The molecule has 1 rings (SSSR count). The highest BCUT2D eigenvalue weighted by molar-refractivity contribution is 4.80. The van der Waals surface area contributed by atoms with Crippen LogP contribution in [0.4, 0.5) is 0 Å². The number of rotatable bonds is 5. The Morgan fingerprint density at radius 2 is 1.94 bits per heavy atom. The summed E-state index contributed by atoms with van der Waals surface area (Å²) in [5, 5.41) is 3.25. The molecule has 0 bridgehead atoms. The molecule has 2 nitrogen and oxygen atoms in total. The van der Waals surface area contributed by atoms with Gasteiger partial charge in [-0.3, -0.25) is 0 Å². The van der Waals surface area contributed by atoms with Gasteiger partial charge in [-0.05, 0) is 77.0 Å². The van der Waals surface area contributed by atoms with E-state index in [4.69, 9.17) is 0 Å². The number of hydrogen-bond acceptors (Lipinski definition) is 2. The topological polar surface area (TPSA) is 15.3 Å². The highest BCUT2D eigenvalue weighted by Crippen LogP contribution is 2.34. The predicted molar refractivity (Wildman–Crippen MR) is 81.0 cm³/mol. The van der Waals surface area contributed by atoms with E-state index < -0.39 is 0 Å². The Hall–Kier alpha value is -0.0800. The van der Waals surface area contributed by atoms with Crippen LogP contribution in [0.3, 0.4) is 0 Å². The molecule has 1 saturated heterocycles. The van der Waals surface area contributed by atoms with Crippen molar-refractivity contribution >= 4 is 0 Å². The van der Waals surface area contributed by atoms with Gasteiger partial charge in [0, 0.05) is 6.04 Å². The molecule has 0 aliphatic carbocycles. The van der Waals surface area contributed by atoms with E-state index in [-0.39, 0.29) is 0 Å². The van der Waals surface area contributed by atoms with Crippen LogP contribution in [0, 0.1) is 11.3 Å². The molecule has 2 heteroatoms. The van der Waals surface area contributed by atoms with Crippen molar-refractivity contribution in [1.82, 2.24) is 10.2 Å². The molecular formula is C16H34N2. The lowest BCUT2D eigenvalue weighted by Crippen LogP contribution is -2.34. The van der Waals surface area contributed by atoms with Crippen molar-refractivity contribution in [3.8, 4) is 0 Å². The predicted octanol–water partition coefficient (Wildman–Crippen LogP) is 3.52. The summed E-state index contributed by atoms with van der Waals surface area (Å²) >= 11 is 0.